The first kappa shape index (κ1) is 15.7. The lowest BCUT2D eigenvalue weighted by Gasteiger charge is -2.14. The molecule has 1 amide bonds. The molecule has 0 aliphatic heterocycles. The summed E-state index contributed by atoms with van der Waals surface area (Å²) in [4.78, 5) is 24.6. The molecule has 2 rings (SSSR count). The molecule has 1 unspecified atom stereocenters. The molecule has 2 aromatic rings. The third-order valence-corrected chi connectivity index (χ3v) is 2.79. The highest BCUT2D eigenvalue weighted by Gasteiger charge is 2.45. The van der Waals surface area contributed by atoms with Crippen molar-refractivity contribution in [2.24, 2.45) is 0 Å². The van der Waals surface area contributed by atoms with E-state index in [9.17, 15) is 27.2 Å². The Morgan fingerprint density at radius 3 is 2.59 bits per heavy atom. The van der Waals surface area contributed by atoms with Crippen molar-refractivity contribution in [2.75, 3.05) is 5.32 Å². The Kier molecular flexibility index (Phi) is 4.02. The van der Waals surface area contributed by atoms with E-state index >= 15 is 0 Å². The number of aromatic nitrogens is 3. The van der Waals surface area contributed by atoms with Gasteiger partial charge in [0.15, 0.2) is 5.82 Å². The van der Waals surface area contributed by atoms with Crippen molar-refractivity contribution < 1.29 is 22.4 Å². The third-order valence-electron chi connectivity index (χ3n) is 2.79. The molecule has 22 heavy (non-hydrogen) atoms. The molecule has 10 heteroatoms. The van der Waals surface area contributed by atoms with Crippen LogP contribution in [0.15, 0.2) is 23.0 Å². The number of hydrogen-bond donors (Lipinski definition) is 3. The summed E-state index contributed by atoms with van der Waals surface area (Å²) in [5.41, 5.74) is 0.173. The van der Waals surface area contributed by atoms with E-state index in [2.05, 4.69) is 15.2 Å². The second-order valence-corrected chi connectivity index (χ2v) is 4.45. The Morgan fingerprint density at radius 1 is 1.36 bits per heavy atom. The molecule has 1 aromatic heterocycles. The summed E-state index contributed by atoms with van der Waals surface area (Å²) >= 11 is 0. The van der Waals surface area contributed by atoms with Crippen LogP contribution < -0.4 is 11.0 Å². The first-order valence-electron chi connectivity index (χ1n) is 5.96. The van der Waals surface area contributed by atoms with Gasteiger partial charge in [0.1, 0.15) is 0 Å². The highest BCUT2D eigenvalue weighted by atomic mass is 19.4. The zero-order valence-corrected chi connectivity index (χ0v) is 11.1. The van der Waals surface area contributed by atoms with Crippen LogP contribution in [-0.2, 0) is 4.79 Å². The van der Waals surface area contributed by atoms with Crippen LogP contribution in [0.2, 0.25) is 0 Å². The van der Waals surface area contributed by atoms with E-state index in [0.29, 0.717) is 11.1 Å². The van der Waals surface area contributed by atoms with Crippen LogP contribution in [0, 0.1) is 6.92 Å². The fourth-order valence-electron chi connectivity index (χ4n) is 1.66. The molecule has 0 aliphatic rings. The topological polar surface area (TPSA) is 90.6 Å². The molecule has 118 valence electrons. The number of hydrogen-bond acceptors (Lipinski definition) is 3. The van der Waals surface area contributed by atoms with Crippen LogP contribution in [0.1, 0.15) is 5.56 Å². The number of rotatable bonds is 3. The van der Waals surface area contributed by atoms with Gasteiger partial charge in [-0.2, -0.15) is 18.3 Å². The van der Waals surface area contributed by atoms with Gasteiger partial charge in [-0.1, -0.05) is 12.1 Å². The van der Waals surface area contributed by atoms with E-state index in [1.807, 2.05) is 5.32 Å². The number of H-pyrrole nitrogens is 2. The van der Waals surface area contributed by atoms with Crippen molar-refractivity contribution in [3.63, 3.8) is 0 Å². The minimum Gasteiger partial charge on any atom is -0.323 e. The van der Waals surface area contributed by atoms with E-state index in [-0.39, 0.29) is 11.5 Å². The van der Waals surface area contributed by atoms with E-state index in [0.717, 1.165) is 0 Å². The molecule has 0 spiro atoms. The van der Waals surface area contributed by atoms with Gasteiger partial charge in [-0.15, -0.1) is 0 Å². The van der Waals surface area contributed by atoms with Crippen molar-refractivity contribution in [3.05, 3.63) is 34.2 Å². The molecule has 1 heterocycles. The van der Waals surface area contributed by atoms with Gasteiger partial charge in [0.25, 0.3) is 12.1 Å². The maximum Gasteiger partial charge on any atom is 0.428 e. The lowest BCUT2D eigenvalue weighted by molar-refractivity contribution is -0.183. The third kappa shape index (κ3) is 3.32. The Hall–Kier alpha value is -2.65. The highest BCUT2D eigenvalue weighted by molar-refractivity contribution is 5.95. The summed E-state index contributed by atoms with van der Waals surface area (Å²) in [5, 5.41) is 7.64. The van der Waals surface area contributed by atoms with E-state index in [4.69, 9.17) is 0 Å². The Bertz CT molecular complexity index is 750. The number of amides is 1. The number of anilines is 1. The number of carbonyl (C=O) groups excluding carboxylic acids is 1. The predicted octanol–water partition coefficient (Wildman–Crippen LogP) is 1.91. The standard InChI is InChI=1S/C12H10F4N4O2/c1-5-2-3-6(9-18-11(22)20-19-9)4-7(5)17-10(21)8(13)12(14,15)16/h2-4,8H,1H3,(H,17,21)(H2,18,19,20,22). The maximum absolute atomic E-state index is 12.9. The van der Waals surface area contributed by atoms with Crippen LogP contribution in [0.3, 0.4) is 0 Å². The molecule has 1 atom stereocenters. The average Bonchev–Trinajstić information content (AvgIpc) is 2.86. The number of aryl methyl sites for hydroxylation is 1. The second-order valence-electron chi connectivity index (χ2n) is 4.45. The van der Waals surface area contributed by atoms with Gasteiger partial charge in [-0.3, -0.25) is 9.78 Å². The fourth-order valence-corrected chi connectivity index (χ4v) is 1.66. The van der Waals surface area contributed by atoms with Gasteiger partial charge >= 0.3 is 11.9 Å². The molecule has 0 saturated carbocycles. The van der Waals surface area contributed by atoms with Gasteiger partial charge in [0, 0.05) is 11.3 Å². The summed E-state index contributed by atoms with van der Waals surface area (Å²) in [6, 6.07) is 4.30. The summed E-state index contributed by atoms with van der Waals surface area (Å²) < 4.78 is 49.4. The number of benzene rings is 1. The molecular weight excluding hydrogens is 308 g/mol. The molecule has 1 aromatic carbocycles. The monoisotopic (exact) mass is 318 g/mol. The van der Waals surface area contributed by atoms with Crippen LogP contribution in [0.25, 0.3) is 11.4 Å². The van der Waals surface area contributed by atoms with Crippen LogP contribution in [0.4, 0.5) is 23.2 Å². The first-order valence-corrected chi connectivity index (χ1v) is 5.96. The average molecular weight is 318 g/mol. The van der Waals surface area contributed by atoms with E-state index in [1.54, 1.807) is 0 Å². The lowest BCUT2D eigenvalue weighted by Crippen LogP contribution is -2.36. The maximum atomic E-state index is 12.9. The number of nitrogens with zero attached hydrogens (tertiary/aromatic N) is 1. The fraction of sp³-hybridized carbons (Fsp3) is 0.250. The van der Waals surface area contributed by atoms with Gasteiger partial charge in [0.2, 0.25) is 0 Å². The number of halogens is 4. The largest absolute Gasteiger partial charge is 0.428 e. The van der Waals surface area contributed by atoms with Crippen molar-refractivity contribution in [1.29, 1.82) is 0 Å². The van der Waals surface area contributed by atoms with Gasteiger partial charge in [-0.25, -0.2) is 14.3 Å². The van der Waals surface area contributed by atoms with Crippen molar-refractivity contribution in [3.8, 4) is 11.4 Å². The number of carbonyl (C=O) groups is 1. The molecule has 0 fully saturated rings. The van der Waals surface area contributed by atoms with Gasteiger partial charge in [-0.05, 0) is 18.6 Å². The molecule has 0 bridgehead atoms. The van der Waals surface area contributed by atoms with Crippen molar-refractivity contribution in [1.82, 2.24) is 15.2 Å². The minimum atomic E-state index is -5.27. The zero-order valence-electron chi connectivity index (χ0n) is 11.1. The summed E-state index contributed by atoms with van der Waals surface area (Å²) in [7, 11) is 0. The lowest BCUT2D eigenvalue weighted by atomic mass is 10.1. The Morgan fingerprint density at radius 2 is 2.05 bits per heavy atom. The molecule has 0 radical (unpaired) electrons. The quantitative estimate of drug-likeness (QED) is 0.755. The van der Waals surface area contributed by atoms with Crippen LogP contribution >= 0.6 is 0 Å². The number of aromatic amines is 2. The van der Waals surface area contributed by atoms with Gasteiger partial charge < -0.3 is 5.32 Å². The van der Waals surface area contributed by atoms with E-state index in [1.165, 1.54) is 25.1 Å². The molecule has 6 nitrogen and oxygen atoms in total. The number of alkyl halides is 4. The SMILES string of the molecule is Cc1ccc(-c2n[nH]c(=O)[nH]2)cc1NC(=O)C(F)C(F)(F)F. The summed E-state index contributed by atoms with van der Waals surface area (Å²) in [6.45, 7) is 1.52. The molecular formula is C12H10F4N4O2. The zero-order chi connectivity index (χ0) is 16.5. The van der Waals surface area contributed by atoms with E-state index < -0.39 is 23.9 Å². The molecule has 3 N–H and O–H groups in total. The second kappa shape index (κ2) is 5.62. The van der Waals surface area contributed by atoms with Crippen molar-refractivity contribution >= 4 is 11.6 Å². The highest BCUT2D eigenvalue weighted by Crippen LogP contribution is 2.26. The predicted molar refractivity (Wildman–Crippen MR) is 69.0 cm³/mol. The molecule has 0 aliphatic carbocycles. The summed E-state index contributed by atoms with van der Waals surface area (Å²) in [6.07, 6.45) is -8.90. The van der Waals surface area contributed by atoms with Gasteiger partial charge in [0.05, 0.1) is 0 Å². The van der Waals surface area contributed by atoms with Crippen LogP contribution in [-0.4, -0.2) is 33.4 Å². The molecule has 0 saturated heterocycles. The Balaban J connectivity index is 2.28. The summed E-state index contributed by atoms with van der Waals surface area (Å²) in [5.74, 6) is -1.68. The minimum absolute atomic E-state index is 0.0155. The number of nitrogens with one attached hydrogen (secondary N) is 3. The Labute approximate surface area is 120 Å². The van der Waals surface area contributed by atoms with Crippen LogP contribution in [0.5, 0.6) is 0 Å². The normalized spacial score (nSPS) is 13.0. The van der Waals surface area contributed by atoms with Crippen molar-refractivity contribution in [2.45, 2.75) is 19.3 Å². The first-order chi connectivity index (χ1) is 10.2. The smallest absolute Gasteiger partial charge is 0.323 e.